The third-order valence-corrected chi connectivity index (χ3v) is 5.03. The van der Waals surface area contributed by atoms with Crippen LogP contribution in [0.3, 0.4) is 0 Å². The number of halogens is 1. The average molecular weight is 368 g/mol. The molecule has 0 heterocycles. The number of benzene rings is 2. The van der Waals surface area contributed by atoms with Crippen LogP contribution in [0.15, 0.2) is 48.5 Å². The summed E-state index contributed by atoms with van der Waals surface area (Å²) in [7, 11) is 0. The van der Waals surface area contributed by atoms with Crippen LogP contribution in [0.1, 0.15) is 44.7 Å². The van der Waals surface area contributed by atoms with Crippen molar-refractivity contribution in [3.05, 3.63) is 65.5 Å². The van der Waals surface area contributed by atoms with Crippen LogP contribution in [0.5, 0.6) is 0 Å². The minimum Gasteiger partial charge on any atom is -0.351 e. The van der Waals surface area contributed by atoms with Crippen molar-refractivity contribution in [3.63, 3.8) is 0 Å². The molecular formula is C22H25FN2O2. The van der Waals surface area contributed by atoms with Crippen molar-refractivity contribution in [2.75, 3.05) is 5.32 Å². The summed E-state index contributed by atoms with van der Waals surface area (Å²) in [5, 5.41) is 5.54. The lowest BCUT2D eigenvalue weighted by Gasteiger charge is -2.20. The van der Waals surface area contributed by atoms with Gasteiger partial charge in [-0.2, -0.15) is 0 Å². The van der Waals surface area contributed by atoms with Crippen molar-refractivity contribution < 1.29 is 14.0 Å². The Labute approximate surface area is 159 Å². The van der Waals surface area contributed by atoms with Gasteiger partial charge in [-0.05, 0) is 42.0 Å². The van der Waals surface area contributed by atoms with Crippen molar-refractivity contribution in [2.24, 2.45) is 5.41 Å². The van der Waals surface area contributed by atoms with Crippen molar-refractivity contribution in [2.45, 2.75) is 45.6 Å². The predicted molar refractivity (Wildman–Crippen MR) is 104 cm³/mol. The molecule has 2 aromatic carbocycles. The largest absolute Gasteiger partial charge is 0.351 e. The number of carbonyl (C=O) groups excluding carboxylic acids is 2. The highest BCUT2D eigenvalue weighted by molar-refractivity contribution is 6.13. The van der Waals surface area contributed by atoms with Crippen LogP contribution in [0.2, 0.25) is 0 Å². The predicted octanol–water partition coefficient (Wildman–Crippen LogP) is 4.16. The van der Waals surface area contributed by atoms with Crippen LogP contribution in [0.25, 0.3) is 0 Å². The summed E-state index contributed by atoms with van der Waals surface area (Å²) in [4.78, 5) is 25.2. The number of carbonyl (C=O) groups is 2. The van der Waals surface area contributed by atoms with Gasteiger partial charge in [0, 0.05) is 17.8 Å². The van der Waals surface area contributed by atoms with Crippen LogP contribution in [-0.2, 0) is 21.5 Å². The smallest absolute Gasteiger partial charge is 0.240 e. The second-order valence-electron chi connectivity index (χ2n) is 8.14. The molecule has 0 atom stereocenters. The van der Waals surface area contributed by atoms with Gasteiger partial charge >= 0.3 is 0 Å². The van der Waals surface area contributed by atoms with Gasteiger partial charge < -0.3 is 10.6 Å². The maximum Gasteiger partial charge on any atom is 0.240 e. The van der Waals surface area contributed by atoms with E-state index in [1.165, 1.54) is 11.6 Å². The Kier molecular flexibility index (Phi) is 5.05. The Balaban J connectivity index is 1.62. The summed E-state index contributed by atoms with van der Waals surface area (Å²) < 4.78 is 13.7. The van der Waals surface area contributed by atoms with Gasteiger partial charge in [-0.1, -0.05) is 51.1 Å². The van der Waals surface area contributed by atoms with E-state index in [2.05, 4.69) is 31.4 Å². The highest BCUT2D eigenvalue weighted by atomic mass is 19.1. The number of hydrogen-bond donors (Lipinski definition) is 2. The maximum absolute atomic E-state index is 13.7. The second kappa shape index (κ2) is 7.14. The van der Waals surface area contributed by atoms with Gasteiger partial charge in [0.05, 0.1) is 0 Å². The molecular weight excluding hydrogens is 343 g/mol. The van der Waals surface area contributed by atoms with E-state index in [4.69, 9.17) is 0 Å². The van der Waals surface area contributed by atoms with E-state index in [-0.39, 0.29) is 29.6 Å². The molecule has 0 spiro atoms. The first-order valence-electron chi connectivity index (χ1n) is 9.16. The first kappa shape index (κ1) is 19.1. The molecule has 2 N–H and O–H groups in total. The van der Waals surface area contributed by atoms with Crippen LogP contribution in [0.4, 0.5) is 10.1 Å². The van der Waals surface area contributed by atoms with Crippen molar-refractivity contribution >= 4 is 17.5 Å². The molecule has 2 amide bonds. The van der Waals surface area contributed by atoms with E-state index in [0.717, 1.165) is 0 Å². The monoisotopic (exact) mass is 368 g/mol. The molecule has 1 aliphatic rings. The standard InChI is InChI=1S/C22H25FN2O2/c1-21(2,3)16-8-10-17(11-9-16)25-20(27)22(12-13-22)19(26)24-14-15-6-4-5-7-18(15)23/h4-11H,12-14H2,1-3H3,(H,24,26)(H,25,27). The molecule has 2 aromatic rings. The van der Waals surface area contributed by atoms with Crippen LogP contribution in [-0.4, -0.2) is 11.8 Å². The number of hydrogen-bond acceptors (Lipinski definition) is 2. The number of nitrogens with one attached hydrogen (secondary N) is 2. The average Bonchev–Trinajstić information content (AvgIpc) is 3.42. The topological polar surface area (TPSA) is 58.2 Å². The summed E-state index contributed by atoms with van der Waals surface area (Å²) in [6.45, 7) is 6.44. The fraction of sp³-hybridized carbons (Fsp3) is 0.364. The molecule has 0 radical (unpaired) electrons. The minimum absolute atomic E-state index is 0.0346. The zero-order valence-electron chi connectivity index (χ0n) is 15.9. The zero-order chi connectivity index (χ0) is 19.7. The number of rotatable bonds is 5. The Morgan fingerprint density at radius 3 is 2.19 bits per heavy atom. The number of anilines is 1. The van der Waals surface area contributed by atoms with E-state index in [1.54, 1.807) is 18.2 Å². The Hall–Kier alpha value is -2.69. The van der Waals surface area contributed by atoms with E-state index in [1.807, 2.05) is 24.3 Å². The Morgan fingerprint density at radius 1 is 1.00 bits per heavy atom. The Morgan fingerprint density at radius 2 is 1.63 bits per heavy atom. The third kappa shape index (κ3) is 4.18. The zero-order valence-corrected chi connectivity index (χ0v) is 15.9. The van der Waals surface area contributed by atoms with Crippen molar-refractivity contribution in [3.8, 4) is 0 Å². The molecule has 0 aliphatic heterocycles. The van der Waals surface area contributed by atoms with Gasteiger partial charge in [-0.15, -0.1) is 0 Å². The van der Waals surface area contributed by atoms with E-state index >= 15 is 0 Å². The molecule has 0 saturated heterocycles. The molecule has 1 fully saturated rings. The molecule has 0 bridgehead atoms. The fourth-order valence-electron chi connectivity index (χ4n) is 2.97. The molecule has 3 rings (SSSR count). The summed E-state index contributed by atoms with van der Waals surface area (Å²) in [6.07, 6.45) is 1.00. The lowest BCUT2D eigenvalue weighted by Crippen LogP contribution is -2.39. The molecule has 0 unspecified atom stereocenters. The van der Waals surface area contributed by atoms with E-state index < -0.39 is 5.41 Å². The van der Waals surface area contributed by atoms with Gasteiger partial charge in [-0.3, -0.25) is 9.59 Å². The summed E-state index contributed by atoms with van der Waals surface area (Å²) in [5.41, 5.74) is 1.23. The van der Waals surface area contributed by atoms with Crippen molar-refractivity contribution in [1.82, 2.24) is 5.32 Å². The molecule has 1 saturated carbocycles. The first-order chi connectivity index (χ1) is 12.7. The minimum atomic E-state index is -1.05. The van der Waals surface area contributed by atoms with Gasteiger partial charge in [0.15, 0.2) is 0 Å². The van der Waals surface area contributed by atoms with Crippen LogP contribution < -0.4 is 10.6 Å². The lowest BCUT2D eigenvalue weighted by atomic mass is 9.87. The first-order valence-corrected chi connectivity index (χ1v) is 9.16. The Bertz CT molecular complexity index is 849. The SMILES string of the molecule is CC(C)(C)c1ccc(NC(=O)C2(C(=O)NCc3ccccc3F)CC2)cc1. The van der Waals surface area contributed by atoms with Crippen LogP contribution in [0, 0.1) is 11.2 Å². The molecule has 1 aliphatic carbocycles. The number of amides is 2. The molecule has 5 heteroatoms. The molecule has 142 valence electrons. The van der Waals surface area contributed by atoms with Gasteiger partial charge in [0.2, 0.25) is 11.8 Å². The normalized spacial score (nSPS) is 15.1. The maximum atomic E-state index is 13.7. The van der Waals surface area contributed by atoms with Crippen molar-refractivity contribution in [1.29, 1.82) is 0 Å². The second-order valence-corrected chi connectivity index (χ2v) is 8.14. The summed E-state index contributed by atoms with van der Waals surface area (Å²) >= 11 is 0. The fourth-order valence-corrected chi connectivity index (χ4v) is 2.97. The van der Waals surface area contributed by atoms with Gasteiger partial charge in [0.1, 0.15) is 11.2 Å². The summed E-state index contributed by atoms with van der Waals surface area (Å²) in [5.74, 6) is -1.03. The lowest BCUT2D eigenvalue weighted by molar-refractivity contribution is -0.134. The van der Waals surface area contributed by atoms with Gasteiger partial charge in [-0.25, -0.2) is 4.39 Å². The third-order valence-electron chi connectivity index (χ3n) is 5.03. The van der Waals surface area contributed by atoms with E-state index in [0.29, 0.717) is 24.1 Å². The van der Waals surface area contributed by atoms with Gasteiger partial charge in [0.25, 0.3) is 0 Å². The highest BCUT2D eigenvalue weighted by Gasteiger charge is 2.56. The highest BCUT2D eigenvalue weighted by Crippen LogP contribution is 2.47. The quantitative estimate of drug-likeness (QED) is 0.779. The van der Waals surface area contributed by atoms with Crippen LogP contribution >= 0.6 is 0 Å². The molecule has 4 nitrogen and oxygen atoms in total. The van der Waals surface area contributed by atoms with E-state index in [9.17, 15) is 14.0 Å². The summed E-state index contributed by atoms with van der Waals surface area (Å²) in [6, 6.07) is 13.9. The molecule has 27 heavy (non-hydrogen) atoms. The molecule has 0 aromatic heterocycles.